The van der Waals surface area contributed by atoms with Crippen molar-refractivity contribution in [1.82, 2.24) is 0 Å². The molecule has 0 saturated heterocycles. The van der Waals surface area contributed by atoms with Gasteiger partial charge in [0.15, 0.2) is 0 Å². The summed E-state index contributed by atoms with van der Waals surface area (Å²) in [5.74, 6) is 0. The van der Waals surface area contributed by atoms with Crippen molar-refractivity contribution in [2.45, 2.75) is 25.7 Å². The Labute approximate surface area is 107 Å². The van der Waals surface area contributed by atoms with Crippen molar-refractivity contribution in [3.8, 4) is 0 Å². The highest BCUT2D eigenvalue weighted by molar-refractivity contribution is 6.06. The van der Waals surface area contributed by atoms with E-state index in [0.717, 1.165) is 24.0 Å². The predicted molar refractivity (Wildman–Crippen MR) is 76.6 cm³/mol. The third kappa shape index (κ3) is 1.90. The third-order valence-corrected chi connectivity index (χ3v) is 3.43. The monoisotopic (exact) mass is 237 g/mol. The van der Waals surface area contributed by atoms with Crippen LogP contribution >= 0.6 is 0 Å². The summed E-state index contributed by atoms with van der Waals surface area (Å²) in [5, 5.41) is 2.52. The van der Waals surface area contributed by atoms with Crippen LogP contribution < -0.4 is 0 Å². The maximum Gasteiger partial charge on any atom is 0.135 e. The number of para-hydroxylation sites is 1. The molecule has 0 aliphatic rings. The minimum atomic E-state index is 0.983. The zero-order chi connectivity index (χ0) is 12.4. The van der Waals surface area contributed by atoms with Crippen molar-refractivity contribution in [2.75, 3.05) is 0 Å². The number of benzene rings is 2. The first-order valence-corrected chi connectivity index (χ1v) is 6.58. The van der Waals surface area contributed by atoms with Gasteiger partial charge in [-0.2, -0.15) is 0 Å². The molecule has 0 N–H and O–H groups in total. The van der Waals surface area contributed by atoms with Crippen molar-refractivity contribution in [3.05, 3.63) is 55.0 Å². The maximum absolute atomic E-state index is 5.89. The molecule has 3 rings (SSSR count). The number of hydrogen-bond donors (Lipinski definition) is 0. The van der Waals surface area contributed by atoms with Crippen LogP contribution in [0.25, 0.3) is 21.9 Å². The molecule has 1 heteroatoms. The van der Waals surface area contributed by atoms with Crippen molar-refractivity contribution < 1.29 is 4.42 Å². The molecule has 91 valence electrons. The molecule has 1 nitrogen and oxygen atoms in total. The van der Waals surface area contributed by atoms with E-state index in [-0.39, 0.29) is 0 Å². The second-order valence-electron chi connectivity index (χ2n) is 4.70. The number of furan rings is 1. The summed E-state index contributed by atoms with van der Waals surface area (Å²) in [4.78, 5) is 0. The fourth-order valence-electron chi connectivity index (χ4n) is 2.55. The van der Waals surface area contributed by atoms with Gasteiger partial charge in [0.05, 0.1) is 0 Å². The zero-order valence-electron chi connectivity index (χ0n) is 10.5. The Hall–Kier alpha value is -1.76. The van der Waals surface area contributed by atoms with Crippen molar-refractivity contribution >= 4 is 21.9 Å². The number of unbranched alkanes of at least 4 members (excludes halogenated alkanes) is 2. The van der Waals surface area contributed by atoms with Gasteiger partial charge in [0.1, 0.15) is 11.2 Å². The van der Waals surface area contributed by atoms with Gasteiger partial charge in [-0.05, 0) is 30.5 Å². The van der Waals surface area contributed by atoms with E-state index in [4.69, 9.17) is 4.42 Å². The van der Waals surface area contributed by atoms with Crippen LogP contribution in [0.5, 0.6) is 0 Å². The standard InChI is InChI=1S/C17H17O/c1-2-3-4-8-13-9-7-12-16-17(13)14-10-5-6-11-15(14)18-16/h5-7,9-12H,1-4,8H2. The molecule has 0 unspecified atom stereocenters. The van der Waals surface area contributed by atoms with E-state index in [9.17, 15) is 0 Å². The highest BCUT2D eigenvalue weighted by atomic mass is 16.3. The van der Waals surface area contributed by atoms with E-state index < -0.39 is 0 Å². The van der Waals surface area contributed by atoms with Crippen molar-refractivity contribution in [1.29, 1.82) is 0 Å². The summed E-state index contributed by atoms with van der Waals surface area (Å²) in [7, 11) is 0. The molecule has 0 spiro atoms. The lowest BCUT2D eigenvalue weighted by Gasteiger charge is -2.02. The molecule has 1 heterocycles. The molecule has 2 aromatic carbocycles. The molecular formula is C17H17O. The zero-order valence-corrected chi connectivity index (χ0v) is 10.5. The fraction of sp³-hybridized carbons (Fsp3) is 0.235. The predicted octanol–water partition coefficient (Wildman–Crippen LogP) is 5.13. The van der Waals surface area contributed by atoms with Gasteiger partial charge < -0.3 is 4.42 Å². The Morgan fingerprint density at radius 1 is 0.889 bits per heavy atom. The Morgan fingerprint density at radius 2 is 1.72 bits per heavy atom. The lowest BCUT2D eigenvalue weighted by Crippen LogP contribution is -1.86. The van der Waals surface area contributed by atoms with Crippen LogP contribution in [0.2, 0.25) is 0 Å². The van der Waals surface area contributed by atoms with Gasteiger partial charge in [-0.1, -0.05) is 50.1 Å². The normalized spacial score (nSPS) is 11.4. The Bertz CT molecular complexity index is 663. The van der Waals surface area contributed by atoms with Crippen LogP contribution in [0, 0.1) is 6.92 Å². The summed E-state index contributed by atoms with van der Waals surface area (Å²) in [6.45, 7) is 3.90. The Balaban J connectivity index is 2.13. The second-order valence-corrected chi connectivity index (χ2v) is 4.70. The lowest BCUT2D eigenvalue weighted by atomic mass is 10.0. The first-order chi connectivity index (χ1) is 8.90. The van der Waals surface area contributed by atoms with Crippen LogP contribution in [-0.2, 0) is 6.42 Å². The van der Waals surface area contributed by atoms with Crippen LogP contribution in [0.3, 0.4) is 0 Å². The first kappa shape index (κ1) is 11.3. The number of hydrogen-bond acceptors (Lipinski definition) is 1. The van der Waals surface area contributed by atoms with Gasteiger partial charge >= 0.3 is 0 Å². The minimum Gasteiger partial charge on any atom is -0.456 e. The molecule has 0 amide bonds. The quantitative estimate of drug-likeness (QED) is 0.573. The van der Waals surface area contributed by atoms with Gasteiger partial charge in [-0.3, -0.25) is 0 Å². The van der Waals surface area contributed by atoms with Crippen molar-refractivity contribution in [3.63, 3.8) is 0 Å². The van der Waals surface area contributed by atoms with E-state index in [2.05, 4.69) is 37.3 Å². The molecule has 18 heavy (non-hydrogen) atoms. The van der Waals surface area contributed by atoms with Crippen LogP contribution in [0.4, 0.5) is 0 Å². The van der Waals surface area contributed by atoms with Crippen LogP contribution in [-0.4, -0.2) is 0 Å². The fourth-order valence-corrected chi connectivity index (χ4v) is 2.55. The maximum atomic E-state index is 5.89. The van der Waals surface area contributed by atoms with E-state index >= 15 is 0 Å². The van der Waals surface area contributed by atoms with Gasteiger partial charge in [-0.25, -0.2) is 0 Å². The number of aryl methyl sites for hydroxylation is 1. The van der Waals surface area contributed by atoms with Crippen LogP contribution in [0.15, 0.2) is 46.9 Å². The lowest BCUT2D eigenvalue weighted by molar-refractivity contribution is 0.668. The van der Waals surface area contributed by atoms with E-state index in [1.807, 2.05) is 12.1 Å². The summed E-state index contributed by atoms with van der Waals surface area (Å²) in [6.07, 6.45) is 4.51. The molecule has 0 atom stereocenters. The smallest absolute Gasteiger partial charge is 0.135 e. The van der Waals surface area contributed by atoms with Crippen molar-refractivity contribution in [2.24, 2.45) is 0 Å². The molecule has 1 aromatic heterocycles. The number of rotatable bonds is 4. The van der Waals surface area contributed by atoms with E-state index in [1.54, 1.807) is 0 Å². The highest BCUT2D eigenvalue weighted by Crippen LogP contribution is 2.31. The SMILES string of the molecule is [CH2]CCCCc1cccc2oc3ccccc3c12. The molecule has 0 bridgehead atoms. The van der Waals surface area contributed by atoms with E-state index in [0.29, 0.717) is 0 Å². The summed E-state index contributed by atoms with van der Waals surface area (Å²) < 4.78 is 5.89. The molecule has 0 aliphatic heterocycles. The number of fused-ring (bicyclic) bond motifs is 3. The molecule has 0 aliphatic carbocycles. The van der Waals surface area contributed by atoms with Gasteiger partial charge in [-0.15, -0.1) is 0 Å². The highest BCUT2D eigenvalue weighted by Gasteiger charge is 2.09. The van der Waals surface area contributed by atoms with Gasteiger partial charge in [0, 0.05) is 10.8 Å². The average molecular weight is 237 g/mol. The van der Waals surface area contributed by atoms with Gasteiger partial charge in [0.2, 0.25) is 0 Å². The third-order valence-electron chi connectivity index (χ3n) is 3.43. The average Bonchev–Trinajstić information content (AvgIpc) is 2.78. The Morgan fingerprint density at radius 3 is 2.61 bits per heavy atom. The summed E-state index contributed by atoms with van der Waals surface area (Å²) >= 11 is 0. The first-order valence-electron chi connectivity index (χ1n) is 6.58. The summed E-state index contributed by atoms with van der Waals surface area (Å²) in [6, 6.07) is 14.6. The summed E-state index contributed by atoms with van der Waals surface area (Å²) in [5.41, 5.74) is 3.38. The minimum absolute atomic E-state index is 0.983. The van der Waals surface area contributed by atoms with E-state index in [1.165, 1.54) is 29.2 Å². The molecule has 0 fully saturated rings. The molecule has 1 radical (unpaired) electrons. The molecular weight excluding hydrogens is 220 g/mol. The Kier molecular flexibility index (Phi) is 3.06. The van der Waals surface area contributed by atoms with Crippen LogP contribution in [0.1, 0.15) is 24.8 Å². The molecule has 3 aromatic rings. The largest absolute Gasteiger partial charge is 0.456 e. The second kappa shape index (κ2) is 4.85. The topological polar surface area (TPSA) is 13.1 Å². The molecule has 0 saturated carbocycles. The van der Waals surface area contributed by atoms with Gasteiger partial charge in [0.25, 0.3) is 0 Å².